The van der Waals surface area contributed by atoms with E-state index < -0.39 is 0 Å². The lowest BCUT2D eigenvalue weighted by Gasteiger charge is -2.21. The van der Waals surface area contributed by atoms with Crippen LogP contribution in [0, 0.1) is 20.8 Å². The van der Waals surface area contributed by atoms with E-state index in [1.165, 1.54) is 22.3 Å². The van der Waals surface area contributed by atoms with Crippen LogP contribution in [-0.2, 0) is 12.8 Å². The molecule has 0 unspecified atom stereocenters. The van der Waals surface area contributed by atoms with Gasteiger partial charge in [0.15, 0.2) is 5.78 Å². The van der Waals surface area contributed by atoms with Crippen molar-refractivity contribution >= 4 is 5.78 Å². The molecule has 0 aromatic heterocycles. The largest absolute Gasteiger partial charge is 0.289 e. The van der Waals surface area contributed by atoms with Crippen LogP contribution in [0.4, 0.5) is 0 Å². The monoisotopic (exact) mass is 308 g/mol. The van der Waals surface area contributed by atoms with Crippen molar-refractivity contribution in [3.8, 4) is 0 Å². The molecule has 23 heavy (non-hydrogen) atoms. The van der Waals surface area contributed by atoms with Crippen molar-refractivity contribution in [1.29, 1.82) is 0 Å². The molecule has 0 heterocycles. The summed E-state index contributed by atoms with van der Waals surface area (Å²) < 4.78 is 0. The summed E-state index contributed by atoms with van der Waals surface area (Å²) in [5.41, 5.74) is 8.17. The molecule has 2 aromatic carbocycles. The van der Waals surface area contributed by atoms with Crippen molar-refractivity contribution < 1.29 is 4.79 Å². The number of carbonyl (C=O) groups is 1. The van der Waals surface area contributed by atoms with Crippen LogP contribution in [0.2, 0.25) is 0 Å². The third-order valence-corrected chi connectivity index (χ3v) is 4.99. The van der Waals surface area contributed by atoms with Gasteiger partial charge in [0.2, 0.25) is 0 Å². The Morgan fingerprint density at radius 1 is 0.870 bits per heavy atom. The predicted molar refractivity (Wildman–Crippen MR) is 98.5 cm³/mol. The molecule has 0 fully saturated rings. The molecular weight excluding hydrogens is 280 g/mol. The van der Waals surface area contributed by atoms with Gasteiger partial charge in [-0.25, -0.2) is 0 Å². The second kappa shape index (κ2) is 7.59. The summed E-state index contributed by atoms with van der Waals surface area (Å²) in [6, 6.07) is 9.68. The maximum atomic E-state index is 13.2. The number of ketones is 1. The van der Waals surface area contributed by atoms with Crippen LogP contribution in [0.25, 0.3) is 0 Å². The molecule has 0 aliphatic rings. The van der Waals surface area contributed by atoms with Crippen LogP contribution in [-0.4, -0.2) is 5.78 Å². The third kappa shape index (κ3) is 3.39. The molecule has 1 nitrogen and oxygen atoms in total. The van der Waals surface area contributed by atoms with Crippen LogP contribution < -0.4 is 0 Å². The van der Waals surface area contributed by atoms with Gasteiger partial charge in [0.25, 0.3) is 0 Å². The van der Waals surface area contributed by atoms with Gasteiger partial charge < -0.3 is 0 Å². The molecule has 0 amide bonds. The van der Waals surface area contributed by atoms with Crippen LogP contribution in [0.3, 0.4) is 0 Å². The minimum atomic E-state index is 0.169. The fourth-order valence-corrected chi connectivity index (χ4v) is 3.53. The standard InChI is InChI=1S/C22H28O/c1-6-8-14-20-17(5)19(7-2)15(3)16(4)21(20)22(23)18-12-10-9-11-13-18/h9-13H,6-8,14H2,1-5H3. The SMILES string of the molecule is CCCCc1c(C)c(CC)c(C)c(C)c1C(=O)c1ccccc1. The van der Waals surface area contributed by atoms with Gasteiger partial charge in [-0.3, -0.25) is 4.79 Å². The zero-order valence-electron chi connectivity index (χ0n) is 15.1. The van der Waals surface area contributed by atoms with Gasteiger partial charge in [-0.05, 0) is 67.9 Å². The molecule has 0 atom stereocenters. The van der Waals surface area contributed by atoms with Crippen LogP contribution in [0.5, 0.6) is 0 Å². The minimum Gasteiger partial charge on any atom is -0.289 e. The minimum absolute atomic E-state index is 0.169. The van der Waals surface area contributed by atoms with E-state index in [-0.39, 0.29) is 5.78 Å². The maximum Gasteiger partial charge on any atom is 0.193 e. The fraction of sp³-hybridized carbons (Fsp3) is 0.409. The van der Waals surface area contributed by atoms with Gasteiger partial charge in [-0.1, -0.05) is 50.6 Å². The Morgan fingerprint density at radius 2 is 1.52 bits per heavy atom. The number of hydrogen-bond donors (Lipinski definition) is 0. The Bertz CT molecular complexity index is 696. The molecular formula is C22H28O. The number of rotatable bonds is 6. The molecule has 0 spiro atoms. The van der Waals surface area contributed by atoms with Crippen molar-refractivity contribution in [3.05, 3.63) is 69.3 Å². The van der Waals surface area contributed by atoms with Gasteiger partial charge in [-0.2, -0.15) is 0 Å². The van der Waals surface area contributed by atoms with E-state index in [4.69, 9.17) is 0 Å². The van der Waals surface area contributed by atoms with Crippen molar-refractivity contribution in [2.75, 3.05) is 0 Å². The van der Waals surface area contributed by atoms with Crippen LogP contribution in [0.1, 0.15) is 70.4 Å². The smallest absolute Gasteiger partial charge is 0.193 e. The van der Waals surface area contributed by atoms with Crippen molar-refractivity contribution in [1.82, 2.24) is 0 Å². The van der Waals surface area contributed by atoms with Crippen molar-refractivity contribution in [2.24, 2.45) is 0 Å². The highest BCUT2D eigenvalue weighted by molar-refractivity contribution is 6.11. The molecule has 1 heteroatoms. The lowest BCUT2D eigenvalue weighted by Crippen LogP contribution is -2.13. The van der Waals surface area contributed by atoms with Gasteiger partial charge in [0, 0.05) is 11.1 Å². The Morgan fingerprint density at radius 3 is 2.09 bits per heavy atom. The van der Waals surface area contributed by atoms with E-state index in [1.54, 1.807) is 0 Å². The maximum absolute atomic E-state index is 13.2. The number of benzene rings is 2. The van der Waals surface area contributed by atoms with Crippen LogP contribution >= 0.6 is 0 Å². The summed E-state index contributed by atoms with van der Waals surface area (Å²) in [6.07, 6.45) is 4.29. The summed E-state index contributed by atoms with van der Waals surface area (Å²) in [7, 11) is 0. The van der Waals surface area contributed by atoms with Gasteiger partial charge in [0.1, 0.15) is 0 Å². The van der Waals surface area contributed by atoms with E-state index in [9.17, 15) is 4.79 Å². The van der Waals surface area contributed by atoms with E-state index in [0.717, 1.165) is 42.4 Å². The fourth-order valence-electron chi connectivity index (χ4n) is 3.53. The molecule has 0 aliphatic carbocycles. The first kappa shape index (κ1) is 17.5. The Labute approximate surface area is 140 Å². The molecule has 0 saturated heterocycles. The first-order valence-corrected chi connectivity index (χ1v) is 8.74. The first-order chi connectivity index (χ1) is 11.0. The van der Waals surface area contributed by atoms with E-state index >= 15 is 0 Å². The number of hydrogen-bond acceptors (Lipinski definition) is 1. The van der Waals surface area contributed by atoms with Crippen LogP contribution in [0.15, 0.2) is 30.3 Å². The Balaban J connectivity index is 2.67. The molecule has 0 N–H and O–H groups in total. The Kier molecular flexibility index (Phi) is 5.76. The summed E-state index contributed by atoms with van der Waals surface area (Å²) in [6.45, 7) is 10.9. The zero-order chi connectivity index (χ0) is 17.0. The first-order valence-electron chi connectivity index (χ1n) is 8.74. The molecule has 0 aliphatic heterocycles. The van der Waals surface area contributed by atoms with Gasteiger partial charge >= 0.3 is 0 Å². The average molecular weight is 308 g/mol. The van der Waals surface area contributed by atoms with Crippen molar-refractivity contribution in [2.45, 2.75) is 60.3 Å². The predicted octanol–water partition coefficient (Wildman–Crippen LogP) is 5.75. The molecule has 0 saturated carbocycles. The normalized spacial score (nSPS) is 10.8. The number of unbranched alkanes of at least 4 members (excludes halogenated alkanes) is 1. The lowest BCUT2D eigenvalue weighted by atomic mass is 9.82. The van der Waals surface area contributed by atoms with E-state index in [0.29, 0.717) is 0 Å². The second-order valence-electron chi connectivity index (χ2n) is 6.36. The lowest BCUT2D eigenvalue weighted by molar-refractivity contribution is 0.103. The number of carbonyl (C=O) groups excluding carboxylic acids is 1. The molecule has 0 bridgehead atoms. The van der Waals surface area contributed by atoms with Crippen molar-refractivity contribution in [3.63, 3.8) is 0 Å². The summed E-state index contributed by atoms with van der Waals surface area (Å²) in [5, 5.41) is 0. The molecule has 2 rings (SSSR count). The Hall–Kier alpha value is -1.89. The third-order valence-electron chi connectivity index (χ3n) is 4.99. The van der Waals surface area contributed by atoms with Gasteiger partial charge in [-0.15, -0.1) is 0 Å². The summed E-state index contributed by atoms with van der Waals surface area (Å²) >= 11 is 0. The highest BCUT2D eigenvalue weighted by Gasteiger charge is 2.21. The van der Waals surface area contributed by atoms with Gasteiger partial charge in [0.05, 0.1) is 0 Å². The molecule has 0 radical (unpaired) electrons. The second-order valence-corrected chi connectivity index (χ2v) is 6.36. The zero-order valence-corrected chi connectivity index (χ0v) is 15.1. The highest BCUT2D eigenvalue weighted by Crippen LogP contribution is 2.30. The topological polar surface area (TPSA) is 17.1 Å². The van der Waals surface area contributed by atoms with E-state index in [2.05, 4.69) is 34.6 Å². The summed E-state index contributed by atoms with van der Waals surface area (Å²) in [4.78, 5) is 13.2. The quantitative estimate of drug-likeness (QED) is 0.621. The molecule has 2 aromatic rings. The molecule has 122 valence electrons. The highest BCUT2D eigenvalue weighted by atomic mass is 16.1. The average Bonchev–Trinajstić information content (AvgIpc) is 2.57. The van der Waals surface area contributed by atoms with E-state index in [1.807, 2.05) is 30.3 Å². The summed E-state index contributed by atoms with van der Waals surface area (Å²) in [5.74, 6) is 0.169.